The van der Waals surface area contributed by atoms with Crippen molar-refractivity contribution in [2.75, 3.05) is 42.9 Å². The van der Waals surface area contributed by atoms with Crippen LogP contribution in [-0.2, 0) is 11.0 Å². The minimum Gasteiger partial charge on any atom is -0.369 e. The highest BCUT2D eigenvalue weighted by Gasteiger charge is 2.31. The molecule has 4 nitrogen and oxygen atoms in total. The van der Waals surface area contributed by atoms with Gasteiger partial charge in [-0.1, -0.05) is 36.4 Å². The van der Waals surface area contributed by atoms with Gasteiger partial charge in [0.05, 0.1) is 12.1 Å². The summed E-state index contributed by atoms with van der Waals surface area (Å²) >= 11 is 0. The van der Waals surface area contributed by atoms with Gasteiger partial charge in [-0.05, 0) is 41.1 Å². The molecule has 1 saturated heterocycles. The first-order valence-electron chi connectivity index (χ1n) is 9.82. The second kappa shape index (κ2) is 8.36. The van der Waals surface area contributed by atoms with Gasteiger partial charge in [-0.2, -0.15) is 13.2 Å². The third-order valence-corrected chi connectivity index (χ3v) is 5.31. The summed E-state index contributed by atoms with van der Waals surface area (Å²) in [5.74, 6) is -0.0993. The Bertz CT molecular complexity index is 1040. The number of halogens is 3. The molecule has 0 aromatic heterocycles. The Labute approximate surface area is 172 Å². The van der Waals surface area contributed by atoms with Crippen LogP contribution in [0.25, 0.3) is 10.8 Å². The number of hydrogen-bond acceptors (Lipinski definition) is 3. The van der Waals surface area contributed by atoms with E-state index in [0.717, 1.165) is 22.5 Å². The number of benzene rings is 3. The Morgan fingerprint density at radius 3 is 2.33 bits per heavy atom. The van der Waals surface area contributed by atoms with Gasteiger partial charge in [0.2, 0.25) is 5.91 Å². The van der Waals surface area contributed by atoms with Crippen molar-refractivity contribution in [2.24, 2.45) is 0 Å². The predicted octanol–water partition coefficient (Wildman–Crippen LogP) is 4.62. The van der Waals surface area contributed by atoms with Crippen molar-refractivity contribution in [3.8, 4) is 0 Å². The number of nitrogens with one attached hydrogen (secondary N) is 1. The summed E-state index contributed by atoms with van der Waals surface area (Å²) in [5, 5.41) is 5.10. The van der Waals surface area contributed by atoms with Gasteiger partial charge >= 0.3 is 6.18 Å². The lowest BCUT2D eigenvalue weighted by molar-refractivity contribution is -0.137. The van der Waals surface area contributed by atoms with Crippen LogP contribution in [-0.4, -0.2) is 43.5 Å². The van der Waals surface area contributed by atoms with E-state index < -0.39 is 11.7 Å². The molecular weight excluding hydrogens is 391 g/mol. The smallest absolute Gasteiger partial charge is 0.369 e. The normalized spacial score (nSPS) is 15.4. The SMILES string of the molecule is O=C(CN1CCN(c2cccc(C(F)(F)F)c2)CC1)Nc1ccc2ccccc2c1. The molecule has 0 radical (unpaired) electrons. The summed E-state index contributed by atoms with van der Waals surface area (Å²) in [5.41, 5.74) is 0.670. The molecule has 30 heavy (non-hydrogen) atoms. The summed E-state index contributed by atoms with van der Waals surface area (Å²) in [6.07, 6.45) is -4.35. The van der Waals surface area contributed by atoms with E-state index in [4.69, 9.17) is 0 Å². The van der Waals surface area contributed by atoms with Crippen molar-refractivity contribution >= 4 is 28.1 Å². The van der Waals surface area contributed by atoms with Gasteiger partial charge in [-0.15, -0.1) is 0 Å². The number of amides is 1. The zero-order chi connectivity index (χ0) is 21.1. The van der Waals surface area contributed by atoms with E-state index in [0.29, 0.717) is 31.9 Å². The minimum atomic E-state index is -4.35. The standard InChI is InChI=1S/C23H22F3N3O/c24-23(25,26)19-6-3-7-21(15-19)29-12-10-28(11-13-29)16-22(30)27-20-9-8-17-4-1-2-5-18(17)14-20/h1-9,14-15H,10-13,16H2,(H,27,30). The largest absolute Gasteiger partial charge is 0.416 e. The molecule has 7 heteroatoms. The summed E-state index contributed by atoms with van der Waals surface area (Å²) in [6, 6.07) is 19.1. The summed E-state index contributed by atoms with van der Waals surface area (Å²) in [6.45, 7) is 2.63. The molecular formula is C23H22F3N3O. The first-order chi connectivity index (χ1) is 14.4. The fourth-order valence-electron chi connectivity index (χ4n) is 3.71. The molecule has 0 atom stereocenters. The number of alkyl halides is 3. The van der Waals surface area contributed by atoms with E-state index >= 15 is 0 Å². The number of anilines is 2. The topological polar surface area (TPSA) is 35.6 Å². The van der Waals surface area contributed by atoms with Gasteiger partial charge in [-0.25, -0.2) is 0 Å². The lowest BCUT2D eigenvalue weighted by atomic mass is 10.1. The predicted molar refractivity (Wildman–Crippen MR) is 113 cm³/mol. The number of piperazine rings is 1. The molecule has 156 valence electrons. The Kier molecular flexibility index (Phi) is 5.63. The number of carbonyl (C=O) groups is 1. The maximum atomic E-state index is 12.9. The van der Waals surface area contributed by atoms with Crippen LogP contribution in [0.4, 0.5) is 24.5 Å². The molecule has 3 aromatic carbocycles. The first-order valence-corrected chi connectivity index (χ1v) is 9.82. The van der Waals surface area contributed by atoms with Crippen LogP contribution in [0.5, 0.6) is 0 Å². The minimum absolute atomic E-state index is 0.0993. The molecule has 1 aliphatic rings. The second-order valence-corrected chi connectivity index (χ2v) is 7.42. The number of nitrogens with zero attached hydrogens (tertiary/aromatic N) is 2. The molecule has 3 aromatic rings. The second-order valence-electron chi connectivity index (χ2n) is 7.42. The number of rotatable bonds is 4. The average Bonchev–Trinajstić information content (AvgIpc) is 2.73. The fraction of sp³-hybridized carbons (Fsp3) is 0.261. The van der Waals surface area contributed by atoms with Crippen LogP contribution in [0.2, 0.25) is 0 Å². The van der Waals surface area contributed by atoms with Gasteiger partial charge in [0.15, 0.2) is 0 Å². The number of hydrogen-bond donors (Lipinski definition) is 1. The van der Waals surface area contributed by atoms with Crippen LogP contribution in [0, 0.1) is 0 Å². The van der Waals surface area contributed by atoms with Gasteiger partial charge in [-0.3, -0.25) is 9.69 Å². The lowest BCUT2D eigenvalue weighted by Crippen LogP contribution is -2.48. The van der Waals surface area contributed by atoms with E-state index in [1.807, 2.05) is 52.3 Å². The molecule has 4 rings (SSSR count). The van der Waals surface area contributed by atoms with Crippen LogP contribution >= 0.6 is 0 Å². The summed E-state index contributed by atoms with van der Waals surface area (Å²) in [4.78, 5) is 16.4. The maximum Gasteiger partial charge on any atom is 0.416 e. The van der Waals surface area contributed by atoms with Gasteiger partial charge < -0.3 is 10.2 Å². The number of carbonyl (C=O) groups excluding carboxylic acids is 1. The maximum absolute atomic E-state index is 12.9. The highest BCUT2D eigenvalue weighted by Crippen LogP contribution is 2.31. The quantitative estimate of drug-likeness (QED) is 0.678. The molecule has 0 unspecified atom stereocenters. The molecule has 1 amide bonds. The van der Waals surface area contributed by atoms with Gasteiger partial charge in [0.1, 0.15) is 0 Å². The zero-order valence-corrected chi connectivity index (χ0v) is 16.3. The van der Waals surface area contributed by atoms with E-state index in [-0.39, 0.29) is 12.5 Å². The third kappa shape index (κ3) is 4.74. The van der Waals surface area contributed by atoms with Crippen LogP contribution in [0.15, 0.2) is 66.7 Å². The molecule has 1 heterocycles. The van der Waals surface area contributed by atoms with Crippen molar-refractivity contribution in [1.29, 1.82) is 0 Å². The Morgan fingerprint density at radius 2 is 1.60 bits per heavy atom. The Hall–Kier alpha value is -3.06. The van der Waals surface area contributed by atoms with Crippen molar-refractivity contribution < 1.29 is 18.0 Å². The average molecular weight is 413 g/mol. The van der Waals surface area contributed by atoms with E-state index in [2.05, 4.69) is 5.32 Å². The summed E-state index contributed by atoms with van der Waals surface area (Å²) in [7, 11) is 0. The monoisotopic (exact) mass is 413 g/mol. The molecule has 0 aliphatic carbocycles. The van der Waals surface area contributed by atoms with Crippen LogP contribution < -0.4 is 10.2 Å². The van der Waals surface area contributed by atoms with Crippen molar-refractivity contribution in [2.45, 2.75) is 6.18 Å². The van der Waals surface area contributed by atoms with Crippen molar-refractivity contribution in [1.82, 2.24) is 4.90 Å². The van der Waals surface area contributed by atoms with Gasteiger partial charge in [0.25, 0.3) is 0 Å². The van der Waals surface area contributed by atoms with E-state index in [9.17, 15) is 18.0 Å². The Morgan fingerprint density at radius 1 is 0.867 bits per heavy atom. The first kappa shape index (κ1) is 20.2. The van der Waals surface area contributed by atoms with Crippen molar-refractivity contribution in [3.63, 3.8) is 0 Å². The van der Waals surface area contributed by atoms with Gasteiger partial charge in [0, 0.05) is 37.6 Å². The lowest BCUT2D eigenvalue weighted by Gasteiger charge is -2.36. The third-order valence-electron chi connectivity index (χ3n) is 5.31. The number of fused-ring (bicyclic) bond motifs is 1. The molecule has 0 saturated carbocycles. The highest BCUT2D eigenvalue weighted by molar-refractivity contribution is 5.95. The molecule has 1 fully saturated rings. The van der Waals surface area contributed by atoms with Crippen LogP contribution in [0.3, 0.4) is 0 Å². The van der Waals surface area contributed by atoms with E-state index in [1.165, 1.54) is 12.1 Å². The molecule has 0 bridgehead atoms. The van der Waals surface area contributed by atoms with Crippen molar-refractivity contribution in [3.05, 3.63) is 72.3 Å². The molecule has 1 aliphatic heterocycles. The fourth-order valence-corrected chi connectivity index (χ4v) is 3.71. The highest BCUT2D eigenvalue weighted by atomic mass is 19.4. The van der Waals surface area contributed by atoms with Crippen LogP contribution in [0.1, 0.15) is 5.56 Å². The Balaban J connectivity index is 1.31. The molecule has 1 N–H and O–H groups in total. The molecule has 0 spiro atoms. The summed E-state index contributed by atoms with van der Waals surface area (Å²) < 4.78 is 38.8. The zero-order valence-electron chi connectivity index (χ0n) is 16.3. The van der Waals surface area contributed by atoms with E-state index in [1.54, 1.807) is 6.07 Å².